The molecule has 124 valence electrons. The predicted octanol–water partition coefficient (Wildman–Crippen LogP) is 1.42. The number of para-hydroxylation sites is 1. The van der Waals surface area contributed by atoms with Crippen LogP contribution in [0.1, 0.15) is 12.7 Å². The highest BCUT2D eigenvalue weighted by Gasteiger charge is 2.18. The zero-order chi connectivity index (χ0) is 15.4. The van der Waals surface area contributed by atoms with E-state index >= 15 is 0 Å². The molecule has 0 bridgehead atoms. The Kier molecular flexibility index (Phi) is 6.34. The van der Waals surface area contributed by atoms with Crippen LogP contribution in [0.15, 0.2) is 41.7 Å². The average molecular weight is 428 g/mol. The molecule has 0 radical (unpaired) electrons. The van der Waals surface area contributed by atoms with Crippen molar-refractivity contribution in [1.82, 2.24) is 19.7 Å². The predicted molar refractivity (Wildman–Crippen MR) is 99.1 cm³/mol. The Labute approximate surface area is 152 Å². The minimum absolute atomic E-state index is 0. The third-order valence-corrected chi connectivity index (χ3v) is 3.60. The van der Waals surface area contributed by atoms with Crippen LogP contribution in [0.25, 0.3) is 5.69 Å². The highest BCUT2D eigenvalue weighted by molar-refractivity contribution is 14.0. The van der Waals surface area contributed by atoms with Crippen LogP contribution in [0.3, 0.4) is 0 Å². The Bertz CT molecular complexity index is 644. The fourth-order valence-electron chi connectivity index (χ4n) is 2.45. The van der Waals surface area contributed by atoms with E-state index in [1.54, 1.807) is 6.33 Å². The average Bonchev–Trinajstić information content (AvgIpc) is 3.02. The molecule has 0 spiro atoms. The molecule has 1 unspecified atom stereocenters. The summed E-state index contributed by atoms with van der Waals surface area (Å²) in [4.78, 5) is 6.49. The van der Waals surface area contributed by atoms with Gasteiger partial charge in [-0.1, -0.05) is 18.2 Å². The first-order valence-electron chi connectivity index (χ1n) is 7.35. The van der Waals surface area contributed by atoms with Crippen molar-refractivity contribution in [3.63, 3.8) is 0 Å². The Hall–Kier alpha value is -1.68. The molecule has 1 aliphatic rings. The maximum Gasteiger partial charge on any atom is 0.191 e. The van der Waals surface area contributed by atoms with Crippen LogP contribution in [0.4, 0.5) is 0 Å². The molecule has 2 aromatic rings. The number of guanidine groups is 1. The summed E-state index contributed by atoms with van der Waals surface area (Å²) in [7, 11) is 0. The second kappa shape index (κ2) is 8.25. The van der Waals surface area contributed by atoms with Crippen LogP contribution >= 0.6 is 24.0 Å². The fraction of sp³-hybridized carbons (Fsp3) is 0.400. The topological polar surface area (TPSA) is 81.6 Å². The quantitative estimate of drug-likeness (QED) is 0.455. The van der Waals surface area contributed by atoms with Crippen LogP contribution in [-0.2, 0) is 11.3 Å². The highest BCUT2D eigenvalue weighted by atomic mass is 127. The molecule has 7 nitrogen and oxygen atoms in total. The van der Waals surface area contributed by atoms with E-state index in [1.807, 2.05) is 46.7 Å². The van der Waals surface area contributed by atoms with Gasteiger partial charge in [0.2, 0.25) is 0 Å². The summed E-state index contributed by atoms with van der Waals surface area (Å²) in [6, 6.07) is 9.94. The minimum atomic E-state index is 0. The van der Waals surface area contributed by atoms with Gasteiger partial charge in [-0.15, -0.1) is 34.2 Å². The van der Waals surface area contributed by atoms with Gasteiger partial charge in [0.25, 0.3) is 0 Å². The summed E-state index contributed by atoms with van der Waals surface area (Å²) in [6.07, 6.45) is 1.86. The largest absolute Gasteiger partial charge is 0.375 e. The summed E-state index contributed by atoms with van der Waals surface area (Å²) < 4.78 is 7.42. The maximum absolute atomic E-state index is 6.08. The minimum Gasteiger partial charge on any atom is -0.375 e. The highest BCUT2D eigenvalue weighted by Crippen LogP contribution is 2.10. The molecule has 2 N–H and O–H groups in total. The van der Waals surface area contributed by atoms with Crippen molar-refractivity contribution in [2.75, 3.05) is 19.7 Å². The van der Waals surface area contributed by atoms with E-state index in [-0.39, 0.29) is 30.1 Å². The number of halogens is 1. The van der Waals surface area contributed by atoms with Crippen molar-refractivity contribution < 1.29 is 4.74 Å². The van der Waals surface area contributed by atoms with Gasteiger partial charge in [0.15, 0.2) is 11.8 Å². The Morgan fingerprint density at radius 1 is 1.39 bits per heavy atom. The number of rotatable bonds is 3. The Morgan fingerprint density at radius 2 is 2.17 bits per heavy atom. The van der Waals surface area contributed by atoms with E-state index in [1.165, 1.54) is 0 Å². The van der Waals surface area contributed by atoms with Gasteiger partial charge in [-0.2, -0.15) is 0 Å². The van der Waals surface area contributed by atoms with Gasteiger partial charge < -0.3 is 15.4 Å². The van der Waals surface area contributed by atoms with Crippen molar-refractivity contribution >= 4 is 29.9 Å². The zero-order valence-electron chi connectivity index (χ0n) is 13.0. The van der Waals surface area contributed by atoms with Gasteiger partial charge in [-0.3, -0.25) is 4.57 Å². The first-order chi connectivity index (χ1) is 10.7. The standard InChI is InChI=1S/C15H20N6O.HI/c1-12-10-20(7-8-22-12)15(16)17-9-14-19-18-11-21(14)13-5-3-2-4-6-13;/h2-6,11-12H,7-10H2,1H3,(H2,16,17);1H. The van der Waals surface area contributed by atoms with Gasteiger partial charge in [0, 0.05) is 18.8 Å². The van der Waals surface area contributed by atoms with Crippen LogP contribution in [0.2, 0.25) is 0 Å². The summed E-state index contributed by atoms with van der Waals surface area (Å²) in [5.74, 6) is 1.29. The number of ether oxygens (including phenoxy) is 1. The number of benzene rings is 1. The van der Waals surface area contributed by atoms with Crippen molar-refractivity contribution in [3.05, 3.63) is 42.5 Å². The number of aromatic nitrogens is 3. The zero-order valence-corrected chi connectivity index (χ0v) is 15.3. The SMILES string of the molecule is CC1CN(C(N)=NCc2nncn2-c2ccccc2)CCO1.I. The Morgan fingerprint density at radius 3 is 2.91 bits per heavy atom. The lowest BCUT2D eigenvalue weighted by molar-refractivity contribution is 0.00528. The first-order valence-corrected chi connectivity index (χ1v) is 7.35. The van der Waals surface area contributed by atoms with Gasteiger partial charge in [0.1, 0.15) is 12.9 Å². The van der Waals surface area contributed by atoms with E-state index in [9.17, 15) is 0 Å². The fourth-order valence-corrected chi connectivity index (χ4v) is 2.45. The number of hydrogen-bond acceptors (Lipinski definition) is 4. The Balaban J connectivity index is 0.00000192. The lowest BCUT2D eigenvalue weighted by Gasteiger charge is -2.31. The normalized spacial score (nSPS) is 18.6. The molecule has 1 atom stereocenters. The molecule has 1 saturated heterocycles. The molecular weight excluding hydrogens is 407 g/mol. The van der Waals surface area contributed by atoms with Crippen LogP contribution in [0.5, 0.6) is 0 Å². The second-order valence-corrected chi connectivity index (χ2v) is 5.25. The van der Waals surface area contributed by atoms with Crippen molar-refractivity contribution in [1.29, 1.82) is 0 Å². The molecule has 1 aromatic carbocycles. The van der Waals surface area contributed by atoms with E-state index in [4.69, 9.17) is 10.5 Å². The first kappa shape index (κ1) is 17.7. The van der Waals surface area contributed by atoms with Gasteiger partial charge in [-0.25, -0.2) is 4.99 Å². The monoisotopic (exact) mass is 428 g/mol. The van der Waals surface area contributed by atoms with E-state index < -0.39 is 0 Å². The van der Waals surface area contributed by atoms with Gasteiger partial charge in [0.05, 0.1) is 12.7 Å². The van der Waals surface area contributed by atoms with E-state index in [0.29, 0.717) is 19.1 Å². The third-order valence-electron chi connectivity index (χ3n) is 3.60. The number of nitrogens with two attached hydrogens (primary N) is 1. The van der Waals surface area contributed by atoms with Crippen LogP contribution < -0.4 is 5.73 Å². The van der Waals surface area contributed by atoms with Crippen molar-refractivity contribution in [2.24, 2.45) is 10.7 Å². The molecule has 3 rings (SSSR count). The smallest absolute Gasteiger partial charge is 0.191 e. The summed E-state index contributed by atoms with van der Waals surface area (Å²) >= 11 is 0. The lowest BCUT2D eigenvalue weighted by Crippen LogP contribution is -2.47. The number of nitrogens with zero attached hydrogens (tertiary/aromatic N) is 5. The molecule has 1 aliphatic heterocycles. The summed E-state index contributed by atoms with van der Waals surface area (Å²) in [5.41, 5.74) is 7.09. The van der Waals surface area contributed by atoms with Crippen molar-refractivity contribution in [3.8, 4) is 5.69 Å². The van der Waals surface area contributed by atoms with Gasteiger partial charge >= 0.3 is 0 Å². The molecule has 0 amide bonds. The van der Waals surface area contributed by atoms with E-state index in [0.717, 1.165) is 24.6 Å². The second-order valence-electron chi connectivity index (χ2n) is 5.25. The molecular formula is C15H21IN6O. The number of morpholine rings is 1. The van der Waals surface area contributed by atoms with E-state index in [2.05, 4.69) is 15.2 Å². The lowest BCUT2D eigenvalue weighted by atomic mass is 10.3. The van der Waals surface area contributed by atoms with Crippen LogP contribution in [-0.4, -0.2) is 51.4 Å². The molecule has 2 heterocycles. The molecule has 23 heavy (non-hydrogen) atoms. The number of aliphatic imine (C=N–C) groups is 1. The number of hydrogen-bond donors (Lipinski definition) is 1. The summed E-state index contributed by atoms with van der Waals surface area (Å²) in [5, 5.41) is 8.10. The molecule has 1 aromatic heterocycles. The molecule has 0 aliphatic carbocycles. The van der Waals surface area contributed by atoms with Crippen LogP contribution in [0, 0.1) is 0 Å². The summed E-state index contributed by atoms with van der Waals surface area (Å²) in [6.45, 7) is 4.64. The molecule has 8 heteroatoms. The molecule has 0 saturated carbocycles. The third kappa shape index (κ3) is 4.41. The maximum atomic E-state index is 6.08. The van der Waals surface area contributed by atoms with Crippen molar-refractivity contribution in [2.45, 2.75) is 19.6 Å². The molecule has 1 fully saturated rings. The van der Waals surface area contributed by atoms with Gasteiger partial charge in [-0.05, 0) is 19.1 Å².